The van der Waals surface area contributed by atoms with Crippen molar-refractivity contribution in [3.63, 3.8) is 0 Å². The van der Waals surface area contributed by atoms with E-state index >= 15 is 0 Å². The average Bonchev–Trinajstić information content (AvgIpc) is 2.28. The molecule has 1 saturated heterocycles. The Balaban J connectivity index is 2.33. The summed E-state index contributed by atoms with van der Waals surface area (Å²) in [7, 11) is 4.47. The number of likely N-dealkylation sites (N-methyl/N-ethyl adjacent to an activating group) is 1. The van der Waals surface area contributed by atoms with Crippen LogP contribution in [0.15, 0.2) is 0 Å². The highest BCUT2D eigenvalue weighted by Gasteiger charge is 2.21. The second-order valence-corrected chi connectivity index (χ2v) is 6.21. The van der Waals surface area contributed by atoms with E-state index in [4.69, 9.17) is 5.73 Å². The van der Waals surface area contributed by atoms with Gasteiger partial charge in [-0.3, -0.25) is 0 Å². The summed E-state index contributed by atoms with van der Waals surface area (Å²) in [5.74, 6) is 1.61. The van der Waals surface area contributed by atoms with Crippen molar-refractivity contribution < 1.29 is 0 Å². The Bertz CT molecular complexity index is 198. The first kappa shape index (κ1) is 14.9. The molecule has 0 aromatic heterocycles. The number of piperidine rings is 1. The smallest absolute Gasteiger partial charge is 0.0217 e. The molecule has 0 amide bonds. The number of nitrogens with two attached hydrogens (primary N) is 1. The van der Waals surface area contributed by atoms with Gasteiger partial charge in [-0.2, -0.15) is 0 Å². The number of hydrogen-bond donors (Lipinski definition) is 1. The summed E-state index contributed by atoms with van der Waals surface area (Å²) < 4.78 is 0. The van der Waals surface area contributed by atoms with E-state index in [-0.39, 0.29) is 0 Å². The quantitative estimate of drug-likeness (QED) is 0.767. The minimum Gasteiger partial charge on any atom is -0.329 e. The van der Waals surface area contributed by atoms with Crippen molar-refractivity contribution in [1.82, 2.24) is 9.80 Å². The van der Waals surface area contributed by atoms with Crippen molar-refractivity contribution in [1.29, 1.82) is 0 Å². The highest BCUT2D eigenvalue weighted by Crippen LogP contribution is 2.19. The van der Waals surface area contributed by atoms with Crippen LogP contribution < -0.4 is 5.73 Å². The van der Waals surface area contributed by atoms with E-state index in [1.165, 1.54) is 38.9 Å². The molecule has 102 valence electrons. The zero-order chi connectivity index (χ0) is 12.8. The molecule has 1 aliphatic heterocycles. The van der Waals surface area contributed by atoms with Gasteiger partial charge >= 0.3 is 0 Å². The van der Waals surface area contributed by atoms with E-state index < -0.39 is 0 Å². The second kappa shape index (κ2) is 7.34. The summed E-state index contributed by atoms with van der Waals surface area (Å²) in [6.07, 6.45) is 3.92. The Morgan fingerprint density at radius 2 is 1.88 bits per heavy atom. The molecule has 17 heavy (non-hydrogen) atoms. The zero-order valence-corrected chi connectivity index (χ0v) is 12.2. The lowest BCUT2D eigenvalue weighted by Crippen LogP contribution is -2.43. The van der Waals surface area contributed by atoms with Crippen molar-refractivity contribution in [3.8, 4) is 0 Å². The van der Waals surface area contributed by atoms with Crippen LogP contribution in [0.1, 0.15) is 33.1 Å². The summed E-state index contributed by atoms with van der Waals surface area (Å²) in [6, 6.07) is 0.564. The molecule has 0 spiro atoms. The van der Waals surface area contributed by atoms with Crippen LogP contribution in [0.2, 0.25) is 0 Å². The maximum atomic E-state index is 5.90. The second-order valence-electron chi connectivity index (χ2n) is 6.21. The van der Waals surface area contributed by atoms with Crippen molar-refractivity contribution in [2.75, 3.05) is 40.3 Å². The molecule has 1 aliphatic rings. The largest absolute Gasteiger partial charge is 0.329 e. The van der Waals surface area contributed by atoms with E-state index in [1.807, 2.05) is 0 Å². The van der Waals surface area contributed by atoms with Gasteiger partial charge in [0.1, 0.15) is 0 Å². The van der Waals surface area contributed by atoms with Crippen LogP contribution in [0.25, 0.3) is 0 Å². The fraction of sp³-hybridized carbons (Fsp3) is 1.00. The Hall–Kier alpha value is -0.120. The van der Waals surface area contributed by atoms with Crippen LogP contribution in [0.5, 0.6) is 0 Å². The molecular weight excluding hydrogens is 210 g/mol. The molecule has 0 aliphatic carbocycles. The van der Waals surface area contributed by atoms with Crippen LogP contribution in [0.4, 0.5) is 0 Å². The van der Waals surface area contributed by atoms with Gasteiger partial charge in [0.05, 0.1) is 0 Å². The van der Waals surface area contributed by atoms with Gasteiger partial charge in [-0.25, -0.2) is 0 Å². The molecule has 0 aromatic rings. The predicted octanol–water partition coefficient (Wildman–Crippen LogP) is 1.63. The lowest BCUT2D eigenvalue weighted by molar-refractivity contribution is 0.142. The minimum atomic E-state index is 0.564. The molecule has 1 unspecified atom stereocenters. The van der Waals surface area contributed by atoms with Gasteiger partial charge in [0, 0.05) is 19.1 Å². The van der Waals surface area contributed by atoms with Gasteiger partial charge in [-0.1, -0.05) is 13.8 Å². The molecule has 1 atom stereocenters. The van der Waals surface area contributed by atoms with E-state index in [0.717, 1.165) is 18.4 Å². The third-order valence-electron chi connectivity index (χ3n) is 4.02. The van der Waals surface area contributed by atoms with Crippen molar-refractivity contribution in [2.24, 2.45) is 17.6 Å². The summed E-state index contributed by atoms with van der Waals surface area (Å²) >= 11 is 0. The van der Waals surface area contributed by atoms with Crippen LogP contribution in [0.3, 0.4) is 0 Å². The van der Waals surface area contributed by atoms with Gasteiger partial charge in [-0.15, -0.1) is 0 Å². The van der Waals surface area contributed by atoms with E-state index in [2.05, 4.69) is 37.7 Å². The molecule has 0 radical (unpaired) electrons. The summed E-state index contributed by atoms with van der Waals surface area (Å²) in [6.45, 7) is 9.10. The molecule has 1 fully saturated rings. The van der Waals surface area contributed by atoms with Gasteiger partial charge in [-0.05, 0) is 58.3 Å². The standard InChI is InChI=1S/C14H31N3/c1-12(2)9-14(10-15)17(4)11-13-5-7-16(3)8-6-13/h12-14H,5-11,15H2,1-4H3. The monoisotopic (exact) mass is 241 g/mol. The molecule has 0 bridgehead atoms. The van der Waals surface area contributed by atoms with E-state index in [0.29, 0.717) is 6.04 Å². The number of nitrogens with zero attached hydrogens (tertiary/aromatic N) is 2. The lowest BCUT2D eigenvalue weighted by Gasteiger charge is -2.35. The van der Waals surface area contributed by atoms with Crippen molar-refractivity contribution >= 4 is 0 Å². The van der Waals surface area contributed by atoms with Crippen LogP contribution in [-0.4, -0.2) is 56.1 Å². The SMILES string of the molecule is CC(C)CC(CN)N(C)CC1CCN(C)CC1. The van der Waals surface area contributed by atoms with Crippen molar-refractivity contribution in [2.45, 2.75) is 39.2 Å². The zero-order valence-electron chi connectivity index (χ0n) is 12.2. The van der Waals surface area contributed by atoms with E-state index in [1.54, 1.807) is 0 Å². The molecular formula is C14H31N3. The van der Waals surface area contributed by atoms with Gasteiger partial charge in [0.2, 0.25) is 0 Å². The van der Waals surface area contributed by atoms with Gasteiger partial charge < -0.3 is 15.5 Å². The molecule has 3 heteroatoms. The van der Waals surface area contributed by atoms with E-state index in [9.17, 15) is 0 Å². The fourth-order valence-corrected chi connectivity index (χ4v) is 2.80. The first-order valence-electron chi connectivity index (χ1n) is 7.11. The number of hydrogen-bond acceptors (Lipinski definition) is 3. The summed E-state index contributed by atoms with van der Waals surface area (Å²) in [4.78, 5) is 4.93. The average molecular weight is 241 g/mol. The summed E-state index contributed by atoms with van der Waals surface area (Å²) in [5, 5.41) is 0. The van der Waals surface area contributed by atoms with Gasteiger partial charge in [0.25, 0.3) is 0 Å². The van der Waals surface area contributed by atoms with Crippen LogP contribution in [0, 0.1) is 11.8 Å². The molecule has 0 aromatic carbocycles. The Morgan fingerprint density at radius 1 is 1.29 bits per heavy atom. The lowest BCUT2D eigenvalue weighted by atomic mass is 9.95. The highest BCUT2D eigenvalue weighted by atomic mass is 15.1. The predicted molar refractivity (Wildman–Crippen MR) is 75.1 cm³/mol. The molecule has 1 heterocycles. The first-order valence-corrected chi connectivity index (χ1v) is 7.11. The first-order chi connectivity index (χ1) is 8.02. The Morgan fingerprint density at radius 3 is 2.35 bits per heavy atom. The molecule has 1 rings (SSSR count). The topological polar surface area (TPSA) is 32.5 Å². The summed E-state index contributed by atoms with van der Waals surface area (Å²) in [5.41, 5.74) is 5.90. The number of rotatable bonds is 6. The van der Waals surface area contributed by atoms with Crippen molar-refractivity contribution in [3.05, 3.63) is 0 Å². The fourth-order valence-electron chi connectivity index (χ4n) is 2.80. The maximum Gasteiger partial charge on any atom is 0.0217 e. The normalized spacial score (nSPS) is 21.4. The third-order valence-corrected chi connectivity index (χ3v) is 4.02. The van der Waals surface area contributed by atoms with Crippen LogP contribution >= 0.6 is 0 Å². The maximum absolute atomic E-state index is 5.90. The minimum absolute atomic E-state index is 0.564. The molecule has 0 saturated carbocycles. The Labute approximate surface area is 107 Å². The van der Waals surface area contributed by atoms with Gasteiger partial charge in [0.15, 0.2) is 0 Å². The Kier molecular flexibility index (Phi) is 6.45. The highest BCUT2D eigenvalue weighted by molar-refractivity contribution is 4.77. The number of likely N-dealkylation sites (tertiary alicyclic amines) is 1. The third kappa shape index (κ3) is 5.36. The molecule has 2 N–H and O–H groups in total. The van der Waals surface area contributed by atoms with Crippen LogP contribution in [-0.2, 0) is 0 Å². The molecule has 3 nitrogen and oxygen atoms in total.